The first-order valence-corrected chi connectivity index (χ1v) is 6.07. The van der Waals surface area contributed by atoms with Crippen molar-refractivity contribution in [1.29, 1.82) is 0 Å². The number of hydrogen-bond acceptors (Lipinski definition) is 5. The van der Waals surface area contributed by atoms with Gasteiger partial charge in [0.2, 0.25) is 5.95 Å². The molecule has 2 aromatic rings. The Hall–Kier alpha value is -2.30. The molecule has 0 bridgehead atoms. The molecule has 0 saturated carbocycles. The van der Waals surface area contributed by atoms with E-state index >= 15 is 0 Å². The van der Waals surface area contributed by atoms with E-state index in [2.05, 4.69) is 33.2 Å². The average Bonchev–Trinajstić information content (AvgIpc) is 2.30. The van der Waals surface area contributed by atoms with Crippen LogP contribution < -0.4 is 5.73 Å². The van der Waals surface area contributed by atoms with Crippen LogP contribution in [0.15, 0.2) is 28.4 Å². The molecule has 5 nitrogen and oxygen atoms in total. The summed E-state index contributed by atoms with van der Waals surface area (Å²) in [7, 11) is 0. The first-order chi connectivity index (χ1) is 8.97. The zero-order valence-electron chi connectivity index (χ0n) is 11.6. The van der Waals surface area contributed by atoms with Crippen molar-refractivity contribution < 1.29 is 0 Å². The Labute approximate surface area is 112 Å². The van der Waals surface area contributed by atoms with Crippen molar-refractivity contribution in [2.75, 3.05) is 5.73 Å². The largest absolute Gasteiger partial charge is 0.368 e. The smallest absolute Gasteiger partial charge is 0.220 e. The highest BCUT2D eigenvalue weighted by Gasteiger charge is 2.06. The maximum atomic E-state index is 5.58. The summed E-state index contributed by atoms with van der Waals surface area (Å²) in [4.78, 5) is 8.19. The summed E-state index contributed by atoms with van der Waals surface area (Å²) in [5.74, 6) is 0.264. The van der Waals surface area contributed by atoms with Crippen LogP contribution in [-0.2, 0) is 0 Å². The van der Waals surface area contributed by atoms with Crippen molar-refractivity contribution in [2.45, 2.75) is 27.7 Å². The number of hydrogen-bond donors (Lipinski definition) is 1. The molecule has 0 spiro atoms. The van der Waals surface area contributed by atoms with Gasteiger partial charge in [-0.15, -0.1) is 5.11 Å². The highest BCUT2D eigenvalue weighted by Crippen LogP contribution is 2.26. The van der Waals surface area contributed by atoms with Crippen LogP contribution in [0.5, 0.6) is 0 Å². The Balaban J connectivity index is 2.38. The molecule has 0 unspecified atom stereocenters. The fraction of sp³-hybridized carbons (Fsp3) is 0.286. The normalized spacial score (nSPS) is 11.2. The molecule has 5 heteroatoms. The van der Waals surface area contributed by atoms with E-state index in [1.807, 2.05) is 32.9 Å². The zero-order chi connectivity index (χ0) is 14.0. The molecule has 1 heterocycles. The molecule has 0 saturated heterocycles. The number of azo groups is 1. The van der Waals surface area contributed by atoms with E-state index in [-0.39, 0.29) is 5.95 Å². The molecule has 0 aliphatic carbocycles. The van der Waals surface area contributed by atoms with E-state index in [4.69, 9.17) is 5.73 Å². The van der Waals surface area contributed by atoms with Crippen LogP contribution in [0.4, 0.5) is 17.3 Å². The summed E-state index contributed by atoms with van der Waals surface area (Å²) in [6.07, 6.45) is 0. The van der Waals surface area contributed by atoms with E-state index < -0.39 is 0 Å². The van der Waals surface area contributed by atoms with Crippen LogP contribution in [0.3, 0.4) is 0 Å². The Kier molecular flexibility index (Phi) is 3.55. The van der Waals surface area contributed by atoms with Crippen molar-refractivity contribution in [3.8, 4) is 0 Å². The van der Waals surface area contributed by atoms with Crippen molar-refractivity contribution in [2.24, 2.45) is 10.2 Å². The molecular formula is C14H17N5. The number of nitrogens with zero attached hydrogens (tertiary/aromatic N) is 4. The Bertz CT molecular complexity index is 623. The predicted molar refractivity (Wildman–Crippen MR) is 76.0 cm³/mol. The molecule has 19 heavy (non-hydrogen) atoms. The minimum Gasteiger partial charge on any atom is -0.368 e. The van der Waals surface area contributed by atoms with Crippen LogP contribution in [0, 0.1) is 27.7 Å². The summed E-state index contributed by atoms with van der Waals surface area (Å²) >= 11 is 0. The summed E-state index contributed by atoms with van der Waals surface area (Å²) in [5, 5.41) is 8.52. The quantitative estimate of drug-likeness (QED) is 0.831. The Morgan fingerprint density at radius 3 is 2.16 bits per heavy atom. The van der Waals surface area contributed by atoms with Gasteiger partial charge in [-0.3, -0.25) is 0 Å². The number of aromatic nitrogens is 2. The number of nitrogen functional groups attached to an aromatic ring is 1. The molecule has 1 aromatic carbocycles. The molecule has 0 radical (unpaired) electrons. The third kappa shape index (κ3) is 2.93. The van der Waals surface area contributed by atoms with E-state index in [9.17, 15) is 0 Å². The molecule has 0 atom stereocenters. The van der Waals surface area contributed by atoms with Crippen LogP contribution in [-0.4, -0.2) is 9.97 Å². The van der Waals surface area contributed by atoms with Crippen LogP contribution >= 0.6 is 0 Å². The molecule has 0 fully saturated rings. The lowest BCUT2D eigenvalue weighted by molar-refractivity contribution is 1.04. The summed E-state index contributed by atoms with van der Waals surface area (Å²) in [5.41, 5.74) is 10.9. The SMILES string of the molecule is Cc1ccc(N=Nc2c(C)nc(N)nc2C)c(C)c1. The van der Waals surface area contributed by atoms with Gasteiger partial charge in [0.15, 0.2) is 0 Å². The summed E-state index contributed by atoms with van der Waals surface area (Å²) < 4.78 is 0. The van der Waals surface area contributed by atoms with E-state index in [1.165, 1.54) is 5.56 Å². The molecular weight excluding hydrogens is 238 g/mol. The predicted octanol–water partition coefficient (Wildman–Crippen LogP) is 3.71. The topological polar surface area (TPSA) is 76.5 Å². The maximum absolute atomic E-state index is 5.58. The monoisotopic (exact) mass is 255 g/mol. The van der Waals surface area contributed by atoms with Gasteiger partial charge in [0.05, 0.1) is 17.1 Å². The lowest BCUT2D eigenvalue weighted by Crippen LogP contribution is -1.98. The first kappa shape index (κ1) is 13.1. The van der Waals surface area contributed by atoms with Gasteiger partial charge in [-0.1, -0.05) is 17.7 Å². The van der Waals surface area contributed by atoms with Crippen molar-refractivity contribution in [3.05, 3.63) is 40.7 Å². The van der Waals surface area contributed by atoms with Crippen LogP contribution in [0.25, 0.3) is 0 Å². The minimum atomic E-state index is 0.264. The zero-order valence-corrected chi connectivity index (χ0v) is 11.6. The van der Waals surface area contributed by atoms with E-state index in [0.717, 1.165) is 22.6 Å². The molecule has 2 N–H and O–H groups in total. The third-order valence-corrected chi connectivity index (χ3v) is 2.86. The second-order valence-electron chi connectivity index (χ2n) is 4.59. The fourth-order valence-electron chi connectivity index (χ4n) is 1.90. The standard InChI is InChI=1S/C14H17N5/c1-8-5-6-12(9(2)7-8)18-19-13-10(3)16-14(15)17-11(13)4/h5-7H,1-4H3,(H2,15,16,17). The van der Waals surface area contributed by atoms with Crippen LogP contribution in [0.1, 0.15) is 22.5 Å². The average molecular weight is 255 g/mol. The highest BCUT2D eigenvalue weighted by atomic mass is 15.1. The molecule has 0 amide bonds. The first-order valence-electron chi connectivity index (χ1n) is 6.07. The van der Waals surface area contributed by atoms with Gasteiger partial charge in [0.1, 0.15) is 5.69 Å². The number of benzene rings is 1. The fourth-order valence-corrected chi connectivity index (χ4v) is 1.90. The highest BCUT2D eigenvalue weighted by molar-refractivity contribution is 5.50. The van der Waals surface area contributed by atoms with Gasteiger partial charge in [-0.25, -0.2) is 9.97 Å². The van der Waals surface area contributed by atoms with Gasteiger partial charge in [0.25, 0.3) is 0 Å². The van der Waals surface area contributed by atoms with Gasteiger partial charge in [-0.05, 0) is 39.3 Å². The summed E-state index contributed by atoms with van der Waals surface area (Å²) in [6.45, 7) is 7.76. The number of rotatable bonds is 2. The molecule has 2 rings (SSSR count). The minimum absolute atomic E-state index is 0.264. The van der Waals surface area contributed by atoms with Gasteiger partial charge in [-0.2, -0.15) is 5.11 Å². The van der Waals surface area contributed by atoms with Crippen molar-refractivity contribution in [3.63, 3.8) is 0 Å². The van der Waals surface area contributed by atoms with Gasteiger partial charge < -0.3 is 5.73 Å². The summed E-state index contributed by atoms with van der Waals surface area (Å²) in [6, 6.07) is 6.05. The number of aryl methyl sites for hydroxylation is 4. The van der Waals surface area contributed by atoms with Crippen LogP contribution in [0.2, 0.25) is 0 Å². The van der Waals surface area contributed by atoms with Crippen molar-refractivity contribution >= 4 is 17.3 Å². The van der Waals surface area contributed by atoms with E-state index in [1.54, 1.807) is 0 Å². The molecule has 0 aliphatic heterocycles. The second-order valence-corrected chi connectivity index (χ2v) is 4.59. The van der Waals surface area contributed by atoms with Gasteiger partial charge >= 0.3 is 0 Å². The second kappa shape index (κ2) is 5.14. The van der Waals surface area contributed by atoms with Crippen molar-refractivity contribution in [1.82, 2.24) is 9.97 Å². The number of nitrogens with two attached hydrogens (primary N) is 1. The Morgan fingerprint density at radius 1 is 0.947 bits per heavy atom. The lowest BCUT2D eigenvalue weighted by Gasteiger charge is -2.04. The molecule has 1 aromatic heterocycles. The number of anilines is 1. The van der Waals surface area contributed by atoms with E-state index in [0.29, 0.717) is 5.69 Å². The molecule has 0 aliphatic rings. The Morgan fingerprint density at radius 2 is 1.58 bits per heavy atom. The van der Waals surface area contributed by atoms with Gasteiger partial charge in [0, 0.05) is 0 Å². The lowest BCUT2D eigenvalue weighted by atomic mass is 10.1. The third-order valence-electron chi connectivity index (χ3n) is 2.86. The molecule has 98 valence electrons. The maximum Gasteiger partial charge on any atom is 0.220 e.